The van der Waals surface area contributed by atoms with Gasteiger partial charge in [-0.15, -0.1) is 0 Å². The summed E-state index contributed by atoms with van der Waals surface area (Å²) in [5.41, 5.74) is 1.98. The van der Waals surface area contributed by atoms with Crippen LogP contribution in [-0.4, -0.2) is 41.2 Å². The molecule has 0 spiro atoms. The standard InChI is InChI=1S/C14H23N3O/c1-11-5-6-13(18)12(16-11)9-15-10-14(17(2)3)7-4-8-14/h5-6,15,18H,4,7-10H2,1-3H3. The van der Waals surface area contributed by atoms with Gasteiger partial charge in [0.25, 0.3) is 0 Å². The van der Waals surface area contributed by atoms with E-state index in [9.17, 15) is 5.11 Å². The Kier molecular flexibility index (Phi) is 3.88. The smallest absolute Gasteiger partial charge is 0.138 e. The molecule has 1 aromatic rings. The van der Waals surface area contributed by atoms with Crippen LogP contribution >= 0.6 is 0 Å². The topological polar surface area (TPSA) is 48.4 Å². The van der Waals surface area contributed by atoms with Crippen LogP contribution in [0.3, 0.4) is 0 Å². The number of aromatic hydroxyl groups is 1. The van der Waals surface area contributed by atoms with Crippen molar-refractivity contribution in [1.29, 1.82) is 0 Å². The van der Waals surface area contributed by atoms with Crippen molar-refractivity contribution in [2.75, 3.05) is 20.6 Å². The van der Waals surface area contributed by atoms with Crippen LogP contribution in [0, 0.1) is 6.92 Å². The third-order valence-corrected chi connectivity index (χ3v) is 4.07. The minimum atomic E-state index is 0.278. The number of aryl methyl sites for hydroxylation is 1. The van der Waals surface area contributed by atoms with Crippen molar-refractivity contribution in [1.82, 2.24) is 15.2 Å². The molecule has 0 bridgehead atoms. The van der Waals surface area contributed by atoms with Gasteiger partial charge in [-0.1, -0.05) is 0 Å². The maximum atomic E-state index is 9.73. The van der Waals surface area contributed by atoms with Gasteiger partial charge in [-0.2, -0.15) is 0 Å². The molecule has 0 radical (unpaired) electrons. The van der Waals surface area contributed by atoms with Gasteiger partial charge >= 0.3 is 0 Å². The van der Waals surface area contributed by atoms with Crippen LogP contribution in [-0.2, 0) is 6.54 Å². The Hall–Kier alpha value is -1.13. The van der Waals surface area contributed by atoms with E-state index in [-0.39, 0.29) is 5.75 Å². The Bertz CT molecular complexity index is 414. The lowest BCUT2D eigenvalue weighted by Gasteiger charge is -2.47. The summed E-state index contributed by atoms with van der Waals surface area (Å²) < 4.78 is 0. The lowest BCUT2D eigenvalue weighted by atomic mass is 9.75. The highest BCUT2D eigenvalue weighted by atomic mass is 16.3. The summed E-state index contributed by atoms with van der Waals surface area (Å²) in [6.07, 6.45) is 3.81. The predicted octanol–water partition coefficient (Wildman–Crippen LogP) is 1.67. The van der Waals surface area contributed by atoms with Crippen molar-refractivity contribution in [3.63, 3.8) is 0 Å². The average molecular weight is 249 g/mol. The Balaban J connectivity index is 1.90. The van der Waals surface area contributed by atoms with Crippen LogP contribution in [0.1, 0.15) is 30.7 Å². The van der Waals surface area contributed by atoms with E-state index in [1.165, 1.54) is 19.3 Å². The van der Waals surface area contributed by atoms with Gasteiger partial charge in [0.2, 0.25) is 0 Å². The summed E-state index contributed by atoms with van der Waals surface area (Å²) in [5, 5.41) is 13.2. The van der Waals surface area contributed by atoms with Crippen LogP contribution in [0.2, 0.25) is 0 Å². The van der Waals surface area contributed by atoms with Crippen molar-refractivity contribution in [3.05, 3.63) is 23.5 Å². The fourth-order valence-corrected chi connectivity index (χ4v) is 2.51. The number of pyridine rings is 1. The molecule has 0 saturated heterocycles. The summed E-state index contributed by atoms with van der Waals surface area (Å²) in [6.45, 7) is 3.52. The van der Waals surface area contributed by atoms with Crippen molar-refractivity contribution in [3.8, 4) is 5.75 Å². The van der Waals surface area contributed by atoms with E-state index in [4.69, 9.17) is 0 Å². The van der Waals surface area contributed by atoms with E-state index >= 15 is 0 Å². The van der Waals surface area contributed by atoms with E-state index < -0.39 is 0 Å². The second-order valence-corrected chi connectivity index (χ2v) is 5.49. The molecule has 0 amide bonds. The molecule has 1 aliphatic carbocycles. The van der Waals surface area contributed by atoms with E-state index in [1.807, 2.05) is 13.0 Å². The Morgan fingerprint density at radius 2 is 2.11 bits per heavy atom. The maximum Gasteiger partial charge on any atom is 0.138 e. The Morgan fingerprint density at radius 3 is 2.67 bits per heavy atom. The average Bonchev–Trinajstić information content (AvgIpc) is 2.26. The molecule has 1 aromatic heterocycles. The second kappa shape index (κ2) is 5.24. The van der Waals surface area contributed by atoms with Crippen LogP contribution < -0.4 is 5.32 Å². The zero-order valence-electron chi connectivity index (χ0n) is 11.5. The second-order valence-electron chi connectivity index (χ2n) is 5.49. The van der Waals surface area contributed by atoms with Crippen molar-refractivity contribution < 1.29 is 5.11 Å². The predicted molar refractivity (Wildman–Crippen MR) is 72.6 cm³/mol. The van der Waals surface area contributed by atoms with Gasteiger partial charge in [0.05, 0.1) is 5.69 Å². The summed E-state index contributed by atoms with van der Waals surface area (Å²) in [5.74, 6) is 0.278. The molecule has 0 unspecified atom stereocenters. The van der Waals surface area contributed by atoms with E-state index in [1.54, 1.807) is 6.07 Å². The zero-order valence-corrected chi connectivity index (χ0v) is 11.5. The largest absolute Gasteiger partial charge is 0.506 e. The zero-order chi connectivity index (χ0) is 13.2. The minimum Gasteiger partial charge on any atom is -0.506 e. The minimum absolute atomic E-state index is 0.278. The molecule has 2 N–H and O–H groups in total. The molecular weight excluding hydrogens is 226 g/mol. The number of hydrogen-bond acceptors (Lipinski definition) is 4. The summed E-state index contributed by atoms with van der Waals surface area (Å²) in [6, 6.07) is 3.54. The van der Waals surface area contributed by atoms with E-state index in [2.05, 4.69) is 29.3 Å². The van der Waals surface area contributed by atoms with Gasteiger partial charge in [-0.3, -0.25) is 4.98 Å². The summed E-state index contributed by atoms with van der Waals surface area (Å²) in [4.78, 5) is 6.67. The van der Waals surface area contributed by atoms with Crippen molar-refractivity contribution in [2.24, 2.45) is 0 Å². The normalized spacial score (nSPS) is 17.8. The number of rotatable bonds is 5. The first kappa shape index (κ1) is 13.3. The number of hydrogen-bond donors (Lipinski definition) is 2. The third-order valence-electron chi connectivity index (χ3n) is 4.07. The van der Waals surface area contributed by atoms with Gasteiger partial charge in [-0.25, -0.2) is 0 Å². The van der Waals surface area contributed by atoms with Crippen molar-refractivity contribution >= 4 is 0 Å². The van der Waals surface area contributed by atoms with Crippen LogP contribution in [0.25, 0.3) is 0 Å². The SMILES string of the molecule is Cc1ccc(O)c(CNCC2(N(C)C)CCC2)n1. The highest BCUT2D eigenvalue weighted by Gasteiger charge is 2.38. The summed E-state index contributed by atoms with van der Waals surface area (Å²) >= 11 is 0. The van der Waals surface area contributed by atoms with E-state index in [0.717, 1.165) is 17.9 Å². The molecule has 4 heteroatoms. The number of nitrogens with one attached hydrogen (secondary N) is 1. The first-order valence-electron chi connectivity index (χ1n) is 6.57. The molecule has 0 aliphatic heterocycles. The lowest BCUT2D eigenvalue weighted by Crippen LogP contribution is -2.56. The van der Waals surface area contributed by atoms with Gasteiger partial charge in [0.15, 0.2) is 0 Å². The Morgan fingerprint density at radius 1 is 1.39 bits per heavy atom. The molecule has 18 heavy (non-hydrogen) atoms. The molecule has 1 saturated carbocycles. The van der Waals surface area contributed by atoms with Crippen LogP contribution in [0.4, 0.5) is 0 Å². The molecule has 1 fully saturated rings. The number of nitrogens with zero attached hydrogens (tertiary/aromatic N) is 2. The maximum absolute atomic E-state index is 9.73. The molecule has 1 heterocycles. The van der Waals surface area contributed by atoms with Gasteiger partial charge in [0.1, 0.15) is 5.75 Å². The van der Waals surface area contributed by atoms with E-state index in [0.29, 0.717) is 12.1 Å². The molecular formula is C14H23N3O. The van der Waals surface area contributed by atoms with Crippen LogP contribution in [0.15, 0.2) is 12.1 Å². The fraction of sp³-hybridized carbons (Fsp3) is 0.643. The highest BCUT2D eigenvalue weighted by molar-refractivity contribution is 5.27. The monoisotopic (exact) mass is 249 g/mol. The first-order valence-corrected chi connectivity index (χ1v) is 6.57. The summed E-state index contributed by atoms with van der Waals surface area (Å²) in [7, 11) is 4.28. The quantitative estimate of drug-likeness (QED) is 0.833. The van der Waals surface area contributed by atoms with Gasteiger partial charge in [-0.05, 0) is 52.4 Å². The molecule has 0 atom stereocenters. The number of likely N-dealkylation sites (N-methyl/N-ethyl adjacent to an activating group) is 1. The first-order chi connectivity index (χ1) is 8.53. The molecule has 100 valence electrons. The molecule has 0 aromatic carbocycles. The molecule has 4 nitrogen and oxygen atoms in total. The third kappa shape index (κ3) is 2.65. The van der Waals surface area contributed by atoms with Gasteiger partial charge < -0.3 is 15.3 Å². The molecule has 2 rings (SSSR count). The molecule has 1 aliphatic rings. The van der Waals surface area contributed by atoms with Crippen LogP contribution in [0.5, 0.6) is 5.75 Å². The lowest BCUT2D eigenvalue weighted by molar-refractivity contribution is 0.0597. The highest BCUT2D eigenvalue weighted by Crippen LogP contribution is 2.35. The fourth-order valence-electron chi connectivity index (χ4n) is 2.51. The van der Waals surface area contributed by atoms with Crippen molar-refractivity contribution in [2.45, 2.75) is 38.3 Å². The number of aromatic nitrogens is 1. The Labute approximate surface area is 109 Å². The van der Waals surface area contributed by atoms with Gasteiger partial charge in [0, 0.05) is 24.3 Å².